The first-order valence-electron chi connectivity index (χ1n) is 11.4. The highest BCUT2D eigenvalue weighted by atomic mass is 16.5. The molecule has 0 aliphatic carbocycles. The SMILES string of the molecule is CCCOC(=O)c1ccc(N2C(=O)C(=O)/C(=C(\O)c3ccc(C)c(C)c3)C2c2cccnc2)cc1. The molecule has 1 amide bonds. The Labute approximate surface area is 203 Å². The van der Waals surface area contributed by atoms with Crippen molar-refractivity contribution in [2.75, 3.05) is 11.5 Å². The molecule has 0 saturated carbocycles. The first kappa shape index (κ1) is 23.9. The zero-order valence-electron chi connectivity index (χ0n) is 19.8. The molecule has 0 bridgehead atoms. The second kappa shape index (κ2) is 9.93. The Kier molecular flexibility index (Phi) is 6.78. The fourth-order valence-electron chi connectivity index (χ4n) is 4.03. The summed E-state index contributed by atoms with van der Waals surface area (Å²) in [6.45, 7) is 6.09. The summed E-state index contributed by atoms with van der Waals surface area (Å²) in [5.41, 5.74) is 3.75. The van der Waals surface area contributed by atoms with Crippen LogP contribution in [0.1, 0.15) is 52.0 Å². The van der Waals surface area contributed by atoms with E-state index in [1.165, 1.54) is 4.90 Å². The van der Waals surface area contributed by atoms with Crippen LogP contribution in [0.3, 0.4) is 0 Å². The van der Waals surface area contributed by atoms with Crippen LogP contribution in [0.4, 0.5) is 5.69 Å². The lowest BCUT2D eigenvalue weighted by atomic mass is 9.95. The largest absolute Gasteiger partial charge is 0.507 e. The molecule has 1 unspecified atom stereocenters. The predicted octanol–water partition coefficient (Wildman–Crippen LogP) is 4.89. The predicted molar refractivity (Wildman–Crippen MR) is 132 cm³/mol. The third kappa shape index (κ3) is 4.57. The third-order valence-corrected chi connectivity index (χ3v) is 6.04. The Morgan fingerprint density at radius 1 is 1.03 bits per heavy atom. The lowest BCUT2D eigenvalue weighted by Gasteiger charge is -2.25. The summed E-state index contributed by atoms with van der Waals surface area (Å²) in [6, 6.07) is 14.2. The fraction of sp³-hybridized carbons (Fsp3) is 0.214. The average Bonchev–Trinajstić information content (AvgIpc) is 3.14. The maximum atomic E-state index is 13.2. The van der Waals surface area contributed by atoms with Crippen LogP contribution in [0.5, 0.6) is 0 Å². The minimum atomic E-state index is -0.886. The Morgan fingerprint density at radius 2 is 1.74 bits per heavy atom. The Bertz CT molecular complexity index is 1310. The van der Waals surface area contributed by atoms with Gasteiger partial charge in [0.25, 0.3) is 11.7 Å². The van der Waals surface area contributed by atoms with Crippen molar-refractivity contribution < 1.29 is 24.2 Å². The number of aryl methyl sites for hydroxylation is 2. The van der Waals surface area contributed by atoms with Crippen LogP contribution in [0, 0.1) is 13.8 Å². The number of anilines is 1. The molecule has 0 radical (unpaired) electrons. The number of ketones is 1. The molecule has 1 N–H and O–H groups in total. The van der Waals surface area contributed by atoms with E-state index >= 15 is 0 Å². The number of hydrogen-bond donors (Lipinski definition) is 1. The van der Waals surface area contributed by atoms with E-state index in [0.717, 1.165) is 11.1 Å². The van der Waals surface area contributed by atoms with Gasteiger partial charge in [-0.15, -0.1) is 0 Å². The molecule has 1 aromatic heterocycles. The number of aromatic nitrogens is 1. The van der Waals surface area contributed by atoms with Gasteiger partial charge < -0.3 is 9.84 Å². The first-order valence-corrected chi connectivity index (χ1v) is 11.4. The molecule has 1 saturated heterocycles. The van der Waals surface area contributed by atoms with Crippen molar-refractivity contribution in [3.63, 3.8) is 0 Å². The van der Waals surface area contributed by atoms with E-state index in [9.17, 15) is 19.5 Å². The molecule has 1 aliphatic rings. The van der Waals surface area contributed by atoms with Crippen molar-refractivity contribution in [3.05, 3.63) is 100 Å². The molecule has 178 valence electrons. The number of nitrogens with zero attached hydrogens (tertiary/aromatic N) is 2. The summed E-state index contributed by atoms with van der Waals surface area (Å²) in [5.74, 6) is -2.27. The molecule has 7 nitrogen and oxygen atoms in total. The van der Waals surface area contributed by atoms with Crippen LogP contribution in [-0.4, -0.2) is 34.4 Å². The van der Waals surface area contributed by atoms with Crippen molar-refractivity contribution in [1.82, 2.24) is 4.98 Å². The number of carbonyl (C=O) groups excluding carboxylic acids is 3. The zero-order valence-corrected chi connectivity index (χ0v) is 19.8. The number of carbonyl (C=O) groups is 3. The van der Waals surface area contributed by atoms with Gasteiger partial charge in [0.2, 0.25) is 0 Å². The first-order chi connectivity index (χ1) is 16.8. The van der Waals surface area contributed by atoms with Gasteiger partial charge >= 0.3 is 5.97 Å². The van der Waals surface area contributed by atoms with Gasteiger partial charge in [-0.05, 0) is 73.4 Å². The van der Waals surface area contributed by atoms with Gasteiger partial charge in [-0.3, -0.25) is 19.5 Å². The highest BCUT2D eigenvalue weighted by Crippen LogP contribution is 2.42. The van der Waals surface area contributed by atoms with E-state index in [-0.39, 0.29) is 11.3 Å². The summed E-state index contributed by atoms with van der Waals surface area (Å²) in [6.07, 6.45) is 3.86. The number of ether oxygens (including phenoxy) is 1. The minimum Gasteiger partial charge on any atom is -0.507 e. The standard InChI is InChI=1S/C28H26N2O5/c1-4-14-35-28(34)19-9-11-22(12-10-19)30-24(21-6-5-13-29-16-21)23(26(32)27(30)33)25(31)20-8-7-17(2)18(3)15-20/h5-13,15-16,24,31H,4,14H2,1-3H3/b25-23-. The topological polar surface area (TPSA) is 96.8 Å². The van der Waals surface area contributed by atoms with Gasteiger partial charge in [-0.1, -0.05) is 25.1 Å². The number of aliphatic hydroxyl groups is 1. The molecule has 1 aliphatic heterocycles. The molecule has 1 atom stereocenters. The highest BCUT2D eigenvalue weighted by molar-refractivity contribution is 6.51. The Hall–Kier alpha value is -4.26. The van der Waals surface area contributed by atoms with E-state index < -0.39 is 23.7 Å². The molecular formula is C28H26N2O5. The van der Waals surface area contributed by atoms with Crippen LogP contribution in [0.15, 0.2) is 72.6 Å². The molecular weight excluding hydrogens is 444 g/mol. The van der Waals surface area contributed by atoms with Crippen molar-refractivity contribution in [3.8, 4) is 0 Å². The number of benzene rings is 2. The number of pyridine rings is 1. The van der Waals surface area contributed by atoms with Crippen molar-refractivity contribution in [1.29, 1.82) is 0 Å². The summed E-state index contributed by atoms with van der Waals surface area (Å²) in [4.78, 5) is 44.1. The number of esters is 1. The lowest BCUT2D eigenvalue weighted by molar-refractivity contribution is -0.132. The van der Waals surface area contributed by atoms with Crippen LogP contribution >= 0.6 is 0 Å². The van der Waals surface area contributed by atoms with Crippen molar-refractivity contribution in [2.24, 2.45) is 0 Å². The van der Waals surface area contributed by atoms with Gasteiger partial charge in [0, 0.05) is 23.6 Å². The van der Waals surface area contributed by atoms with Gasteiger partial charge in [0.05, 0.1) is 23.8 Å². The summed E-state index contributed by atoms with van der Waals surface area (Å²) < 4.78 is 5.16. The highest BCUT2D eigenvalue weighted by Gasteiger charge is 2.47. The van der Waals surface area contributed by atoms with E-state index in [1.54, 1.807) is 60.9 Å². The molecule has 35 heavy (non-hydrogen) atoms. The monoisotopic (exact) mass is 470 g/mol. The zero-order chi connectivity index (χ0) is 25.1. The number of Topliss-reactive ketones (excluding diaryl/α,β-unsaturated/α-hetero) is 1. The molecule has 0 spiro atoms. The summed E-state index contributed by atoms with van der Waals surface area (Å²) in [5, 5.41) is 11.2. The third-order valence-electron chi connectivity index (χ3n) is 6.04. The van der Waals surface area contributed by atoms with Crippen molar-refractivity contribution >= 4 is 29.1 Å². The van der Waals surface area contributed by atoms with Gasteiger partial charge in [-0.2, -0.15) is 0 Å². The maximum Gasteiger partial charge on any atom is 0.338 e. The van der Waals surface area contributed by atoms with Gasteiger partial charge in [0.15, 0.2) is 0 Å². The van der Waals surface area contributed by atoms with E-state index in [4.69, 9.17) is 4.74 Å². The number of hydrogen-bond acceptors (Lipinski definition) is 6. The molecule has 2 aromatic carbocycles. The smallest absolute Gasteiger partial charge is 0.338 e. The summed E-state index contributed by atoms with van der Waals surface area (Å²) >= 11 is 0. The Balaban J connectivity index is 1.82. The second-order valence-corrected chi connectivity index (χ2v) is 8.44. The summed E-state index contributed by atoms with van der Waals surface area (Å²) in [7, 11) is 0. The number of amides is 1. The van der Waals surface area contributed by atoms with Crippen LogP contribution < -0.4 is 4.90 Å². The van der Waals surface area contributed by atoms with E-state index in [2.05, 4.69) is 4.98 Å². The minimum absolute atomic E-state index is 0.0160. The van der Waals surface area contributed by atoms with Gasteiger partial charge in [0.1, 0.15) is 5.76 Å². The molecule has 3 aromatic rings. The lowest BCUT2D eigenvalue weighted by Crippen LogP contribution is -2.29. The second-order valence-electron chi connectivity index (χ2n) is 8.44. The molecule has 1 fully saturated rings. The Morgan fingerprint density at radius 3 is 2.37 bits per heavy atom. The molecule has 2 heterocycles. The normalized spacial score (nSPS) is 17.0. The average molecular weight is 471 g/mol. The maximum absolute atomic E-state index is 13.2. The van der Waals surface area contributed by atoms with Gasteiger partial charge in [-0.25, -0.2) is 4.79 Å². The van der Waals surface area contributed by atoms with Crippen LogP contribution in [0.25, 0.3) is 5.76 Å². The molecule has 4 rings (SSSR count). The fourth-order valence-corrected chi connectivity index (χ4v) is 4.03. The van der Waals surface area contributed by atoms with E-state index in [0.29, 0.717) is 35.4 Å². The van der Waals surface area contributed by atoms with E-state index in [1.807, 2.05) is 26.8 Å². The number of aliphatic hydroxyl groups excluding tert-OH is 1. The molecule has 7 heteroatoms. The van der Waals surface area contributed by atoms with Crippen molar-refractivity contribution in [2.45, 2.75) is 33.2 Å². The van der Waals surface area contributed by atoms with Crippen LogP contribution in [-0.2, 0) is 14.3 Å². The van der Waals surface area contributed by atoms with Crippen LogP contribution in [0.2, 0.25) is 0 Å². The number of rotatable bonds is 6. The quantitative estimate of drug-likeness (QED) is 0.238.